The van der Waals surface area contributed by atoms with Crippen LogP contribution in [0.25, 0.3) is 5.69 Å². The fourth-order valence-corrected chi connectivity index (χ4v) is 2.17. The average molecular weight is 344 g/mol. The molecular weight excluding hydrogens is 329 g/mol. The average Bonchev–Trinajstić information content (AvgIpc) is 2.91. The molecular formula is C12H15BrFN5O. The van der Waals surface area contributed by atoms with Crippen molar-refractivity contribution in [2.24, 2.45) is 0 Å². The van der Waals surface area contributed by atoms with Gasteiger partial charge in [-0.1, -0.05) is 0 Å². The number of hydrogen-bond donors (Lipinski definition) is 1. The van der Waals surface area contributed by atoms with Gasteiger partial charge in [-0.3, -0.25) is 0 Å². The van der Waals surface area contributed by atoms with Gasteiger partial charge in [-0.25, -0.2) is 4.39 Å². The summed E-state index contributed by atoms with van der Waals surface area (Å²) in [5, 5.41) is 14.8. The molecule has 0 radical (unpaired) electrons. The summed E-state index contributed by atoms with van der Waals surface area (Å²) in [4.78, 5) is 0. The first-order chi connectivity index (χ1) is 9.63. The highest BCUT2D eigenvalue weighted by Crippen LogP contribution is 2.23. The Morgan fingerprint density at radius 2 is 2.30 bits per heavy atom. The minimum Gasteiger partial charge on any atom is -0.383 e. The van der Waals surface area contributed by atoms with Crippen LogP contribution in [0.1, 0.15) is 18.8 Å². The summed E-state index contributed by atoms with van der Waals surface area (Å²) in [5.74, 6) is 0.261. The highest BCUT2D eigenvalue weighted by molar-refractivity contribution is 9.10. The molecule has 108 valence electrons. The van der Waals surface area contributed by atoms with E-state index < -0.39 is 0 Å². The molecule has 1 atom stereocenters. The number of benzene rings is 1. The largest absolute Gasteiger partial charge is 0.383 e. The lowest BCUT2D eigenvalue weighted by atomic mass is 10.2. The maximum atomic E-state index is 13.4. The lowest BCUT2D eigenvalue weighted by Crippen LogP contribution is -2.25. The van der Waals surface area contributed by atoms with Crippen LogP contribution in [0.5, 0.6) is 0 Å². The van der Waals surface area contributed by atoms with Gasteiger partial charge in [0.1, 0.15) is 5.82 Å². The van der Waals surface area contributed by atoms with Crippen molar-refractivity contribution >= 4 is 15.9 Å². The van der Waals surface area contributed by atoms with Crippen molar-refractivity contribution in [1.82, 2.24) is 25.5 Å². The number of nitrogens with zero attached hydrogens (tertiary/aromatic N) is 4. The summed E-state index contributed by atoms with van der Waals surface area (Å²) in [5.41, 5.74) is 0.561. The predicted octanol–water partition coefficient (Wildman–Crippen LogP) is 1.86. The maximum absolute atomic E-state index is 13.4. The molecule has 0 aliphatic heterocycles. The minimum atomic E-state index is -0.343. The van der Waals surface area contributed by atoms with Crippen molar-refractivity contribution in [1.29, 1.82) is 0 Å². The summed E-state index contributed by atoms with van der Waals surface area (Å²) in [6.07, 6.45) is 0. The van der Waals surface area contributed by atoms with Gasteiger partial charge >= 0.3 is 0 Å². The van der Waals surface area contributed by atoms with Crippen LogP contribution in [0, 0.1) is 5.82 Å². The molecule has 0 spiro atoms. The zero-order valence-electron chi connectivity index (χ0n) is 11.2. The lowest BCUT2D eigenvalue weighted by Gasteiger charge is -2.14. The molecule has 0 bridgehead atoms. The molecule has 0 aliphatic carbocycles. The fraction of sp³-hybridized carbons (Fsp3) is 0.417. The van der Waals surface area contributed by atoms with Crippen LogP contribution >= 0.6 is 15.9 Å². The summed E-state index contributed by atoms with van der Waals surface area (Å²) < 4.78 is 20.6. The molecule has 1 unspecified atom stereocenters. The molecule has 20 heavy (non-hydrogen) atoms. The van der Waals surface area contributed by atoms with E-state index in [2.05, 4.69) is 36.8 Å². The second-order valence-electron chi connectivity index (χ2n) is 4.21. The number of methoxy groups -OCH3 is 1. The highest BCUT2D eigenvalue weighted by atomic mass is 79.9. The SMILES string of the molecule is COCCNC(C)c1nnnn1-c1cc(F)ccc1Br. The summed E-state index contributed by atoms with van der Waals surface area (Å²) in [6, 6.07) is 4.29. The van der Waals surface area contributed by atoms with E-state index in [1.807, 2.05) is 6.92 Å². The molecule has 1 aromatic heterocycles. The van der Waals surface area contributed by atoms with E-state index in [9.17, 15) is 4.39 Å². The van der Waals surface area contributed by atoms with Gasteiger partial charge in [0.15, 0.2) is 5.82 Å². The lowest BCUT2D eigenvalue weighted by molar-refractivity contribution is 0.196. The van der Waals surface area contributed by atoms with E-state index in [-0.39, 0.29) is 11.9 Å². The van der Waals surface area contributed by atoms with Gasteiger partial charge in [0.25, 0.3) is 0 Å². The van der Waals surface area contributed by atoms with Gasteiger partial charge in [-0.15, -0.1) is 5.10 Å². The fourth-order valence-electron chi connectivity index (χ4n) is 1.75. The first kappa shape index (κ1) is 15.0. The normalized spacial score (nSPS) is 12.6. The number of ether oxygens (including phenoxy) is 1. The summed E-state index contributed by atoms with van der Waals surface area (Å²) in [6.45, 7) is 3.20. The van der Waals surface area contributed by atoms with Gasteiger partial charge in [0, 0.05) is 24.2 Å². The molecule has 2 rings (SSSR count). The third kappa shape index (κ3) is 3.38. The van der Waals surface area contributed by atoms with E-state index in [0.717, 1.165) is 4.47 Å². The summed E-state index contributed by atoms with van der Waals surface area (Å²) >= 11 is 3.38. The Kier molecular flexibility index (Phi) is 5.16. The van der Waals surface area contributed by atoms with E-state index >= 15 is 0 Å². The predicted molar refractivity (Wildman–Crippen MR) is 75.1 cm³/mol. The van der Waals surface area contributed by atoms with Crippen molar-refractivity contribution in [3.8, 4) is 5.69 Å². The molecule has 0 fully saturated rings. The smallest absolute Gasteiger partial charge is 0.173 e. The molecule has 2 aromatic rings. The molecule has 0 saturated carbocycles. The van der Waals surface area contributed by atoms with Gasteiger partial charge in [0.05, 0.1) is 18.3 Å². The quantitative estimate of drug-likeness (QED) is 0.811. The Morgan fingerprint density at radius 1 is 1.50 bits per heavy atom. The molecule has 1 aromatic carbocycles. The standard InChI is InChI=1S/C12H15BrFN5O/c1-8(15-5-6-20-2)12-16-17-18-19(12)11-7-9(14)3-4-10(11)13/h3-4,7-8,15H,5-6H2,1-2H3. The number of aromatic nitrogens is 4. The number of halogens is 2. The summed E-state index contributed by atoms with van der Waals surface area (Å²) in [7, 11) is 1.64. The Balaban J connectivity index is 2.26. The third-order valence-corrected chi connectivity index (χ3v) is 3.44. The number of nitrogens with one attached hydrogen (secondary N) is 1. The zero-order chi connectivity index (χ0) is 14.5. The van der Waals surface area contributed by atoms with E-state index in [1.165, 1.54) is 16.8 Å². The van der Waals surface area contributed by atoms with Crippen molar-refractivity contribution in [2.75, 3.05) is 20.3 Å². The maximum Gasteiger partial charge on any atom is 0.173 e. The molecule has 0 aliphatic rings. The molecule has 1 heterocycles. The van der Waals surface area contributed by atoms with Crippen LogP contribution in [0.4, 0.5) is 4.39 Å². The third-order valence-electron chi connectivity index (χ3n) is 2.77. The second-order valence-corrected chi connectivity index (χ2v) is 5.07. The Bertz CT molecular complexity index is 577. The van der Waals surface area contributed by atoms with Gasteiger partial charge < -0.3 is 10.1 Å². The monoisotopic (exact) mass is 343 g/mol. The van der Waals surface area contributed by atoms with Crippen LogP contribution in [-0.4, -0.2) is 40.5 Å². The molecule has 0 saturated heterocycles. The molecule has 6 nitrogen and oxygen atoms in total. The van der Waals surface area contributed by atoms with Crippen LogP contribution < -0.4 is 5.32 Å². The van der Waals surface area contributed by atoms with E-state index in [4.69, 9.17) is 4.74 Å². The minimum absolute atomic E-state index is 0.0877. The van der Waals surface area contributed by atoms with Gasteiger partial charge in [-0.05, 0) is 45.4 Å². The van der Waals surface area contributed by atoms with Crippen molar-refractivity contribution in [3.63, 3.8) is 0 Å². The van der Waals surface area contributed by atoms with Gasteiger partial charge in [-0.2, -0.15) is 4.68 Å². The van der Waals surface area contributed by atoms with Crippen LogP contribution in [0.2, 0.25) is 0 Å². The van der Waals surface area contributed by atoms with Crippen molar-refractivity contribution in [3.05, 3.63) is 34.3 Å². The number of tetrazole rings is 1. The van der Waals surface area contributed by atoms with Crippen LogP contribution in [-0.2, 0) is 4.74 Å². The molecule has 8 heteroatoms. The highest BCUT2D eigenvalue weighted by Gasteiger charge is 2.17. The second kappa shape index (κ2) is 6.87. The van der Waals surface area contributed by atoms with E-state index in [0.29, 0.717) is 24.7 Å². The van der Waals surface area contributed by atoms with Crippen LogP contribution in [0.3, 0.4) is 0 Å². The topological polar surface area (TPSA) is 64.9 Å². The van der Waals surface area contributed by atoms with Crippen molar-refractivity contribution in [2.45, 2.75) is 13.0 Å². The molecule has 0 amide bonds. The number of hydrogen-bond acceptors (Lipinski definition) is 5. The van der Waals surface area contributed by atoms with Crippen LogP contribution in [0.15, 0.2) is 22.7 Å². The van der Waals surface area contributed by atoms with Crippen molar-refractivity contribution < 1.29 is 9.13 Å². The van der Waals surface area contributed by atoms with Gasteiger partial charge in [0.2, 0.25) is 0 Å². The zero-order valence-corrected chi connectivity index (χ0v) is 12.8. The first-order valence-corrected chi connectivity index (χ1v) is 6.88. The Labute approximate surface area is 124 Å². The number of rotatable bonds is 6. The van der Waals surface area contributed by atoms with E-state index in [1.54, 1.807) is 13.2 Å². The molecule has 1 N–H and O–H groups in total. The Hall–Kier alpha value is -1.38. The Morgan fingerprint density at radius 3 is 3.05 bits per heavy atom. The first-order valence-electron chi connectivity index (χ1n) is 6.09.